The number of aromatic amines is 1. The lowest BCUT2D eigenvalue weighted by Crippen LogP contribution is -2.49. The first-order chi connectivity index (χ1) is 23.9. The van der Waals surface area contributed by atoms with Gasteiger partial charge >= 0.3 is 0 Å². The Morgan fingerprint density at radius 3 is 2.51 bits per heavy atom. The molecular formula is C36H30F2N8O3. The summed E-state index contributed by atoms with van der Waals surface area (Å²) in [5.41, 5.74) is 3.12. The number of piperazine rings is 1. The lowest BCUT2D eigenvalue weighted by atomic mass is 10.0. The van der Waals surface area contributed by atoms with E-state index in [2.05, 4.69) is 35.4 Å². The van der Waals surface area contributed by atoms with Crippen LogP contribution < -0.4 is 20.5 Å². The normalized spacial score (nSPS) is 13.0. The van der Waals surface area contributed by atoms with Gasteiger partial charge in [-0.2, -0.15) is 5.10 Å². The first kappa shape index (κ1) is 31.4. The molecule has 49 heavy (non-hydrogen) atoms. The van der Waals surface area contributed by atoms with Gasteiger partial charge in [-0.05, 0) is 42.0 Å². The Hall–Kier alpha value is -6.24. The summed E-state index contributed by atoms with van der Waals surface area (Å²) in [6.07, 6.45) is 3.41. The summed E-state index contributed by atoms with van der Waals surface area (Å²) in [4.78, 5) is 42.5. The maximum atomic E-state index is 15.0. The number of hydrogen-bond acceptors (Lipinski definition) is 9. The summed E-state index contributed by atoms with van der Waals surface area (Å²) < 4.78 is 34.0. The molecule has 6 aromatic rings. The van der Waals surface area contributed by atoms with Crippen LogP contribution in [-0.2, 0) is 6.42 Å². The van der Waals surface area contributed by atoms with Crippen LogP contribution >= 0.6 is 0 Å². The van der Waals surface area contributed by atoms with Crippen LogP contribution in [0.1, 0.15) is 21.6 Å². The molecule has 11 nitrogen and oxygen atoms in total. The minimum atomic E-state index is -0.592. The van der Waals surface area contributed by atoms with E-state index in [1.807, 2.05) is 24.3 Å². The van der Waals surface area contributed by atoms with Crippen molar-refractivity contribution >= 4 is 34.0 Å². The Bertz CT molecular complexity index is 2240. The van der Waals surface area contributed by atoms with Gasteiger partial charge in [0.05, 0.1) is 29.4 Å². The number of ether oxygens (including phenoxy) is 1. The predicted octanol–water partition coefficient (Wildman–Crippen LogP) is 5.36. The van der Waals surface area contributed by atoms with Gasteiger partial charge in [0, 0.05) is 73.6 Å². The molecule has 246 valence electrons. The van der Waals surface area contributed by atoms with Gasteiger partial charge < -0.3 is 19.9 Å². The number of hydrogen-bond donors (Lipinski definition) is 2. The number of amides is 1. The minimum absolute atomic E-state index is 0.00226. The third-order valence-corrected chi connectivity index (χ3v) is 8.45. The number of fused-ring (bicyclic) bond motifs is 1. The van der Waals surface area contributed by atoms with E-state index in [1.54, 1.807) is 47.5 Å². The Morgan fingerprint density at radius 1 is 0.898 bits per heavy atom. The number of nitrogens with one attached hydrogen (secondary N) is 2. The molecule has 0 spiro atoms. The standard InChI is InChI=1S/C36H30F2N8O3/c1-49-32-18-23(37)7-8-27(32)30-20-34(41-21-40-30)42-33-19-24(10-11-39-33)45-12-14-46(15-13-45)36(48)28-16-22(6-9-29(28)38)17-31-25-4-2-3-5-26(25)35(47)44-43-31/h2-11,16,18-21H,12-15,17H2,1H3,(H,44,47)(H,39,40,41,42). The van der Waals surface area contributed by atoms with Crippen molar-refractivity contribution in [2.45, 2.75) is 6.42 Å². The quantitative estimate of drug-likeness (QED) is 0.222. The molecule has 1 aliphatic rings. The number of nitrogens with zero attached hydrogens (tertiary/aromatic N) is 6. The van der Waals surface area contributed by atoms with Gasteiger partial charge in [0.25, 0.3) is 11.5 Å². The average molecular weight is 661 g/mol. The van der Waals surface area contributed by atoms with Crippen LogP contribution in [-0.4, -0.2) is 69.2 Å². The molecule has 2 N–H and O–H groups in total. The number of halogens is 2. The van der Waals surface area contributed by atoms with Gasteiger partial charge in [-0.3, -0.25) is 9.59 Å². The second-order valence-corrected chi connectivity index (χ2v) is 11.5. The lowest BCUT2D eigenvalue weighted by Gasteiger charge is -2.36. The monoisotopic (exact) mass is 660 g/mol. The van der Waals surface area contributed by atoms with Gasteiger partial charge in [0.1, 0.15) is 35.3 Å². The zero-order valence-corrected chi connectivity index (χ0v) is 26.4. The third-order valence-electron chi connectivity index (χ3n) is 8.45. The van der Waals surface area contributed by atoms with Crippen molar-refractivity contribution in [3.63, 3.8) is 0 Å². The highest BCUT2D eigenvalue weighted by Crippen LogP contribution is 2.31. The van der Waals surface area contributed by atoms with Crippen LogP contribution in [0.5, 0.6) is 5.75 Å². The molecule has 0 bridgehead atoms. The van der Waals surface area contributed by atoms with E-state index in [4.69, 9.17) is 4.74 Å². The maximum absolute atomic E-state index is 15.0. The first-order valence-electron chi connectivity index (χ1n) is 15.5. The fourth-order valence-electron chi connectivity index (χ4n) is 5.95. The summed E-state index contributed by atoms with van der Waals surface area (Å²) in [6.45, 7) is 1.86. The fraction of sp³-hybridized carbons (Fsp3) is 0.167. The lowest BCUT2D eigenvalue weighted by molar-refractivity contribution is 0.0742. The van der Waals surface area contributed by atoms with Gasteiger partial charge in [0.2, 0.25) is 0 Å². The molecule has 1 fully saturated rings. The largest absolute Gasteiger partial charge is 0.496 e. The third kappa shape index (κ3) is 6.63. The van der Waals surface area contributed by atoms with E-state index in [-0.39, 0.29) is 17.0 Å². The number of methoxy groups -OCH3 is 1. The summed E-state index contributed by atoms with van der Waals surface area (Å²) in [7, 11) is 1.47. The van der Waals surface area contributed by atoms with Crippen molar-refractivity contribution in [2.24, 2.45) is 0 Å². The van der Waals surface area contributed by atoms with Crippen LogP contribution in [0, 0.1) is 11.6 Å². The second-order valence-electron chi connectivity index (χ2n) is 11.5. The number of rotatable bonds is 8. The van der Waals surface area contributed by atoms with Crippen molar-refractivity contribution in [3.8, 4) is 17.0 Å². The number of benzene rings is 3. The molecule has 0 saturated carbocycles. The van der Waals surface area contributed by atoms with E-state index in [1.165, 1.54) is 31.6 Å². The highest BCUT2D eigenvalue weighted by atomic mass is 19.1. The summed E-state index contributed by atoms with van der Waals surface area (Å²) >= 11 is 0. The molecule has 4 heterocycles. The van der Waals surface area contributed by atoms with Crippen molar-refractivity contribution in [1.29, 1.82) is 0 Å². The van der Waals surface area contributed by atoms with E-state index in [0.717, 1.165) is 5.69 Å². The molecule has 0 atom stereocenters. The van der Waals surface area contributed by atoms with Crippen molar-refractivity contribution < 1.29 is 18.3 Å². The Kier molecular flexibility index (Phi) is 8.62. The van der Waals surface area contributed by atoms with E-state index in [9.17, 15) is 18.4 Å². The van der Waals surface area contributed by atoms with Gasteiger partial charge in [0.15, 0.2) is 0 Å². The van der Waals surface area contributed by atoms with E-state index in [0.29, 0.717) is 83.3 Å². The number of carbonyl (C=O) groups excluding carboxylic acids is 1. The number of H-pyrrole nitrogens is 1. The molecular weight excluding hydrogens is 630 g/mol. The summed E-state index contributed by atoms with van der Waals surface area (Å²) in [5.74, 6) is 0.0144. The van der Waals surface area contributed by atoms with Crippen molar-refractivity contribution in [3.05, 3.63) is 130 Å². The Morgan fingerprint density at radius 2 is 1.69 bits per heavy atom. The van der Waals surface area contributed by atoms with E-state index < -0.39 is 11.6 Å². The van der Waals surface area contributed by atoms with Gasteiger partial charge in [-0.1, -0.05) is 24.3 Å². The SMILES string of the molecule is COc1cc(F)ccc1-c1cc(Nc2cc(N3CCN(C(=O)c4cc(Cc5n[nH]c(=O)c6ccccc56)ccc4F)CC3)ccn2)ncn1. The molecule has 0 radical (unpaired) electrons. The molecule has 13 heteroatoms. The predicted molar refractivity (Wildman–Crippen MR) is 181 cm³/mol. The number of pyridine rings is 1. The molecule has 0 unspecified atom stereocenters. The zero-order chi connectivity index (χ0) is 33.9. The molecule has 7 rings (SSSR count). The summed E-state index contributed by atoms with van der Waals surface area (Å²) in [5, 5.41) is 11.2. The first-order valence-corrected chi connectivity index (χ1v) is 15.5. The highest BCUT2D eigenvalue weighted by Gasteiger charge is 2.25. The summed E-state index contributed by atoms with van der Waals surface area (Å²) in [6, 6.07) is 21.4. The van der Waals surface area contributed by atoms with Gasteiger partial charge in [-0.25, -0.2) is 28.8 Å². The van der Waals surface area contributed by atoms with Crippen LogP contribution in [0.3, 0.4) is 0 Å². The van der Waals surface area contributed by atoms with Crippen molar-refractivity contribution in [2.75, 3.05) is 43.5 Å². The van der Waals surface area contributed by atoms with Crippen molar-refractivity contribution in [1.82, 2.24) is 30.0 Å². The van der Waals surface area contributed by atoms with Crippen LogP contribution in [0.25, 0.3) is 22.0 Å². The molecule has 1 amide bonds. The smallest absolute Gasteiger partial charge is 0.272 e. The molecule has 3 aromatic carbocycles. The highest BCUT2D eigenvalue weighted by molar-refractivity contribution is 5.95. The number of anilines is 3. The zero-order valence-electron chi connectivity index (χ0n) is 26.4. The topological polar surface area (TPSA) is 129 Å². The average Bonchev–Trinajstić information content (AvgIpc) is 3.13. The molecule has 3 aromatic heterocycles. The van der Waals surface area contributed by atoms with Gasteiger partial charge in [-0.15, -0.1) is 0 Å². The number of aromatic nitrogens is 5. The fourth-order valence-corrected chi connectivity index (χ4v) is 5.95. The molecule has 0 aliphatic carbocycles. The maximum Gasteiger partial charge on any atom is 0.272 e. The second kappa shape index (κ2) is 13.5. The molecule has 1 saturated heterocycles. The van der Waals surface area contributed by atoms with Crippen LogP contribution in [0.4, 0.5) is 26.1 Å². The van der Waals surface area contributed by atoms with E-state index >= 15 is 0 Å². The molecule has 1 aliphatic heterocycles. The minimum Gasteiger partial charge on any atom is -0.496 e. The number of carbonyl (C=O) groups is 1. The van der Waals surface area contributed by atoms with Crippen LogP contribution in [0.2, 0.25) is 0 Å². The Labute approximate surface area is 279 Å². The Balaban J connectivity index is 1.02. The van der Waals surface area contributed by atoms with Crippen LogP contribution in [0.15, 0.2) is 96.2 Å².